The van der Waals surface area contributed by atoms with Gasteiger partial charge in [0.2, 0.25) is 10.0 Å². The van der Waals surface area contributed by atoms with Crippen molar-refractivity contribution < 1.29 is 22.7 Å². The van der Waals surface area contributed by atoms with Gasteiger partial charge in [0.05, 0.1) is 4.90 Å². The van der Waals surface area contributed by atoms with Crippen LogP contribution >= 0.6 is 0 Å². The molecule has 3 rings (SSSR count). The first kappa shape index (κ1) is 23.1. The molecule has 2 aromatic rings. The van der Waals surface area contributed by atoms with E-state index >= 15 is 0 Å². The fraction of sp³-hybridized carbons (Fsp3) is 0.435. The van der Waals surface area contributed by atoms with Crippen LogP contribution in [0.25, 0.3) is 0 Å². The van der Waals surface area contributed by atoms with Crippen molar-refractivity contribution >= 4 is 16.1 Å². The molecule has 0 bridgehead atoms. The Labute approximate surface area is 184 Å². The number of ether oxygens (including phenoxy) is 2. The Kier molecular flexibility index (Phi) is 6.91. The van der Waals surface area contributed by atoms with E-state index in [0.29, 0.717) is 25.3 Å². The van der Waals surface area contributed by atoms with Gasteiger partial charge in [0, 0.05) is 19.1 Å². The number of carbonyl (C=O) groups is 1. The maximum absolute atomic E-state index is 12.8. The van der Waals surface area contributed by atoms with E-state index in [0.717, 1.165) is 11.1 Å². The highest BCUT2D eigenvalue weighted by Gasteiger charge is 2.32. The minimum Gasteiger partial charge on any atom is -0.489 e. The van der Waals surface area contributed by atoms with Gasteiger partial charge in [0.15, 0.2) is 0 Å². The number of aryl methyl sites for hydroxylation is 1. The highest BCUT2D eigenvalue weighted by atomic mass is 32.2. The van der Waals surface area contributed by atoms with Crippen LogP contribution in [0.1, 0.15) is 38.3 Å². The number of hydrogen-bond acceptors (Lipinski definition) is 5. The van der Waals surface area contributed by atoms with Gasteiger partial charge >= 0.3 is 6.09 Å². The number of likely N-dealkylation sites (tertiary alicyclic amines) is 1. The standard InChI is InChI=1S/C23H30N2O5S/c1-17-14-20(10-11-21(17)29-16-18-8-6-5-7-9-18)31(27,28)24-19-12-13-25(15-19)22(26)30-23(2,3)4/h5-11,14,19,24H,12-13,15-16H2,1-4H3/t19-/m0/s1. The van der Waals surface area contributed by atoms with Crippen molar-refractivity contribution in [3.8, 4) is 5.75 Å². The van der Waals surface area contributed by atoms with Gasteiger partial charge in [-0.3, -0.25) is 0 Å². The summed E-state index contributed by atoms with van der Waals surface area (Å²) in [4.78, 5) is 13.9. The molecular weight excluding hydrogens is 416 g/mol. The zero-order valence-corrected chi connectivity index (χ0v) is 19.2. The normalized spacial score (nSPS) is 16.9. The lowest BCUT2D eigenvalue weighted by Gasteiger charge is -2.24. The molecule has 2 aromatic carbocycles. The van der Waals surface area contributed by atoms with Gasteiger partial charge in [0.1, 0.15) is 18.0 Å². The summed E-state index contributed by atoms with van der Waals surface area (Å²) in [6, 6.07) is 14.2. The van der Waals surface area contributed by atoms with Gasteiger partial charge in [-0.1, -0.05) is 30.3 Å². The van der Waals surface area contributed by atoms with E-state index in [1.807, 2.05) is 37.3 Å². The van der Waals surface area contributed by atoms with Gasteiger partial charge in [-0.25, -0.2) is 17.9 Å². The minimum atomic E-state index is -3.72. The van der Waals surface area contributed by atoms with E-state index in [4.69, 9.17) is 9.47 Å². The Morgan fingerprint density at radius 2 is 1.87 bits per heavy atom. The predicted molar refractivity (Wildman–Crippen MR) is 118 cm³/mol. The van der Waals surface area contributed by atoms with E-state index in [2.05, 4.69) is 4.72 Å². The molecule has 0 radical (unpaired) electrons. The predicted octanol–water partition coefficient (Wildman–Crippen LogP) is 3.86. The third kappa shape index (κ3) is 6.45. The molecule has 1 N–H and O–H groups in total. The van der Waals surface area contributed by atoms with E-state index in [1.165, 1.54) is 11.0 Å². The van der Waals surface area contributed by atoms with Crippen LogP contribution in [0.5, 0.6) is 5.75 Å². The van der Waals surface area contributed by atoms with Gasteiger partial charge in [-0.2, -0.15) is 0 Å². The molecule has 168 valence electrons. The quantitative estimate of drug-likeness (QED) is 0.728. The van der Waals surface area contributed by atoms with Gasteiger partial charge in [0.25, 0.3) is 0 Å². The van der Waals surface area contributed by atoms with Gasteiger partial charge in [-0.15, -0.1) is 0 Å². The summed E-state index contributed by atoms with van der Waals surface area (Å²) in [5, 5.41) is 0. The maximum Gasteiger partial charge on any atom is 0.410 e. The molecule has 1 atom stereocenters. The summed E-state index contributed by atoms with van der Waals surface area (Å²) >= 11 is 0. The number of benzene rings is 2. The number of nitrogens with zero attached hydrogens (tertiary/aromatic N) is 1. The summed E-state index contributed by atoms with van der Waals surface area (Å²) in [7, 11) is -3.72. The van der Waals surface area contributed by atoms with E-state index in [9.17, 15) is 13.2 Å². The van der Waals surface area contributed by atoms with Crippen LogP contribution in [-0.4, -0.2) is 44.1 Å². The van der Waals surface area contributed by atoms with Crippen LogP contribution in [-0.2, 0) is 21.4 Å². The zero-order chi connectivity index (χ0) is 22.6. The van der Waals surface area contributed by atoms with Gasteiger partial charge in [-0.05, 0) is 63.4 Å². The largest absolute Gasteiger partial charge is 0.489 e. The Hall–Kier alpha value is -2.58. The Morgan fingerprint density at radius 1 is 1.16 bits per heavy atom. The first-order valence-corrected chi connectivity index (χ1v) is 11.8. The molecule has 0 aliphatic carbocycles. The number of carbonyl (C=O) groups excluding carboxylic acids is 1. The number of rotatable bonds is 6. The van der Waals surface area contributed by atoms with Crippen LogP contribution in [0.2, 0.25) is 0 Å². The molecule has 8 heteroatoms. The lowest BCUT2D eigenvalue weighted by atomic mass is 10.2. The fourth-order valence-electron chi connectivity index (χ4n) is 3.32. The summed E-state index contributed by atoms with van der Waals surface area (Å²) in [6.07, 6.45) is 0.111. The Morgan fingerprint density at radius 3 is 2.52 bits per heavy atom. The molecule has 1 fully saturated rings. The van der Waals surface area contributed by atoms with Gasteiger partial charge < -0.3 is 14.4 Å². The third-order valence-corrected chi connectivity index (χ3v) is 6.37. The molecule has 0 aromatic heterocycles. The topological polar surface area (TPSA) is 84.9 Å². The highest BCUT2D eigenvalue weighted by Crippen LogP contribution is 2.24. The second kappa shape index (κ2) is 9.28. The van der Waals surface area contributed by atoms with Crippen molar-refractivity contribution in [3.63, 3.8) is 0 Å². The van der Waals surface area contributed by atoms with Crippen molar-refractivity contribution in [2.24, 2.45) is 0 Å². The van der Waals surface area contributed by atoms with E-state index in [1.54, 1.807) is 32.9 Å². The van der Waals surface area contributed by atoms with Crippen LogP contribution in [0, 0.1) is 6.92 Å². The van der Waals surface area contributed by atoms with Crippen LogP contribution in [0.3, 0.4) is 0 Å². The molecule has 1 saturated heterocycles. The van der Waals surface area contributed by atoms with Crippen molar-refractivity contribution in [1.82, 2.24) is 9.62 Å². The molecule has 0 spiro atoms. The number of amides is 1. The molecule has 0 unspecified atom stereocenters. The first-order chi connectivity index (χ1) is 14.5. The van der Waals surface area contributed by atoms with Crippen molar-refractivity contribution in [2.75, 3.05) is 13.1 Å². The molecule has 31 heavy (non-hydrogen) atoms. The van der Waals surface area contributed by atoms with E-state index < -0.39 is 21.7 Å². The summed E-state index contributed by atoms with van der Waals surface area (Å²) in [6.45, 7) is 8.37. The molecule has 1 heterocycles. The SMILES string of the molecule is Cc1cc(S(=O)(=O)N[C@H]2CCN(C(=O)OC(C)(C)C)C2)ccc1OCc1ccccc1. The van der Waals surface area contributed by atoms with Crippen LogP contribution < -0.4 is 9.46 Å². The fourth-order valence-corrected chi connectivity index (χ4v) is 4.67. The smallest absolute Gasteiger partial charge is 0.410 e. The lowest BCUT2D eigenvalue weighted by Crippen LogP contribution is -2.40. The van der Waals surface area contributed by atoms with Crippen LogP contribution in [0.4, 0.5) is 4.79 Å². The molecule has 0 saturated carbocycles. The summed E-state index contributed by atoms with van der Waals surface area (Å²) < 4.78 is 39.6. The minimum absolute atomic E-state index is 0.174. The average molecular weight is 447 g/mol. The molecule has 1 amide bonds. The Balaban J connectivity index is 1.60. The molecule has 1 aliphatic heterocycles. The average Bonchev–Trinajstić information content (AvgIpc) is 3.14. The van der Waals surface area contributed by atoms with Crippen LogP contribution in [0.15, 0.2) is 53.4 Å². The number of hydrogen-bond donors (Lipinski definition) is 1. The second-order valence-electron chi connectivity index (χ2n) is 8.73. The van der Waals surface area contributed by atoms with Crippen molar-refractivity contribution in [2.45, 2.75) is 57.3 Å². The van der Waals surface area contributed by atoms with Crippen molar-refractivity contribution in [1.29, 1.82) is 0 Å². The third-order valence-electron chi connectivity index (χ3n) is 4.86. The highest BCUT2D eigenvalue weighted by molar-refractivity contribution is 7.89. The second-order valence-corrected chi connectivity index (χ2v) is 10.4. The molecule has 1 aliphatic rings. The number of nitrogens with one attached hydrogen (secondary N) is 1. The molecular formula is C23H30N2O5S. The summed E-state index contributed by atoms with van der Waals surface area (Å²) in [5.41, 5.74) is 1.19. The summed E-state index contributed by atoms with van der Waals surface area (Å²) in [5.74, 6) is 0.639. The zero-order valence-electron chi connectivity index (χ0n) is 18.4. The monoisotopic (exact) mass is 446 g/mol. The Bertz CT molecular complexity index is 1020. The lowest BCUT2D eigenvalue weighted by molar-refractivity contribution is 0.0292. The number of sulfonamides is 1. The first-order valence-electron chi connectivity index (χ1n) is 10.3. The van der Waals surface area contributed by atoms with Crippen molar-refractivity contribution in [3.05, 3.63) is 59.7 Å². The molecule has 7 nitrogen and oxygen atoms in total. The maximum atomic E-state index is 12.8. The van der Waals surface area contributed by atoms with E-state index in [-0.39, 0.29) is 17.5 Å².